The fraction of sp³-hybridized carbons (Fsp3) is 0.375. The molecule has 0 radical (unpaired) electrons. The maximum atomic E-state index is 13.9. The van der Waals surface area contributed by atoms with Crippen LogP contribution < -0.4 is 15.8 Å². The third-order valence-electron chi connectivity index (χ3n) is 3.87. The van der Waals surface area contributed by atoms with Crippen molar-refractivity contribution in [2.45, 2.75) is 18.7 Å². The number of rotatable bonds is 4. The van der Waals surface area contributed by atoms with Crippen molar-refractivity contribution in [3.63, 3.8) is 0 Å². The zero-order valence-electron chi connectivity index (χ0n) is 12.8. The number of ether oxygens (including phenoxy) is 1. The van der Waals surface area contributed by atoms with Crippen LogP contribution in [0, 0.1) is 0 Å². The standard InChI is InChI=1S/C16H19FN4O2/c1-21-8-13(20-9-21)10-2-3-14(11(6-10)16(18)22)23-15-4-5-19-7-12(15)17/h2-3,6,8-9,12,15,19H,4-5,7H2,1H3,(H2,18,22)/t12?,15-/m0/s1. The Kier molecular flexibility index (Phi) is 4.29. The van der Waals surface area contributed by atoms with E-state index < -0.39 is 18.2 Å². The zero-order chi connectivity index (χ0) is 16.4. The van der Waals surface area contributed by atoms with E-state index in [0.717, 1.165) is 11.3 Å². The van der Waals surface area contributed by atoms with Gasteiger partial charge in [-0.15, -0.1) is 0 Å². The number of aryl methyl sites for hydroxylation is 1. The van der Waals surface area contributed by atoms with Crippen LogP contribution in [0.25, 0.3) is 11.3 Å². The summed E-state index contributed by atoms with van der Waals surface area (Å²) in [7, 11) is 1.86. The molecule has 3 rings (SSSR count). The Morgan fingerprint density at radius 2 is 2.35 bits per heavy atom. The van der Waals surface area contributed by atoms with Crippen LogP contribution >= 0.6 is 0 Å². The molecule has 7 heteroatoms. The molecular weight excluding hydrogens is 299 g/mol. The molecule has 1 fully saturated rings. The fourth-order valence-corrected chi connectivity index (χ4v) is 2.64. The number of carbonyl (C=O) groups is 1. The van der Waals surface area contributed by atoms with Gasteiger partial charge in [-0.2, -0.15) is 0 Å². The molecule has 1 amide bonds. The smallest absolute Gasteiger partial charge is 0.252 e. The number of carbonyl (C=O) groups excluding carboxylic acids is 1. The summed E-state index contributed by atoms with van der Waals surface area (Å²) in [6.07, 6.45) is 2.37. The van der Waals surface area contributed by atoms with E-state index in [1.54, 1.807) is 24.5 Å². The molecule has 6 nitrogen and oxygen atoms in total. The first-order valence-corrected chi connectivity index (χ1v) is 7.48. The Morgan fingerprint density at radius 1 is 1.52 bits per heavy atom. The molecule has 2 atom stereocenters. The van der Waals surface area contributed by atoms with Crippen LogP contribution in [-0.4, -0.2) is 40.8 Å². The van der Waals surface area contributed by atoms with Gasteiger partial charge in [-0.05, 0) is 31.2 Å². The number of piperidine rings is 1. The first-order valence-electron chi connectivity index (χ1n) is 7.48. The molecule has 1 aliphatic heterocycles. The van der Waals surface area contributed by atoms with Crippen LogP contribution in [0.3, 0.4) is 0 Å². The van der Waals surface area contributed by atoms with Crippen molar-refractivity contribution in [2.24, 2.45) is 12.8 Å². The third kappa shape index (κ3) is 3.34. The number of primary amides is 1. The van der Waals surface area contributed by atoms with E-state index in [1.165, 1.54) is 0 Å². The van der Waals surface area contributed by atoms with E-state index in [2.05, 4.69) is 10.3 Å². The van der Waals surface area contributed by atoms with Crippen molar-refractivity contribution in [1.82, 2.24) is 14.9 Å². The second-order valence-corrected chi connectivity index (χ2v) is 5.66. The first kappa shape index (κ1) is 15.5. The summed E-state index contributed by atoms with van der Waals surface area (Å²) in [5, 5.41) is 2.96. The molecule has 1 aliphatic rings. The molecule has 0 bridgehead atoms. The second kappa shape index (κ2) is 6.37. The van der Waals surface area contributed by atoms with E-state index in [1.807, 2.05) is 17.8 Å². The number of alkyl halides is 1. The summed E-state index contributed by atoms with van der Waals surface area (Å²) in [5.41, 5.74) is 7.18. The van der Waals surface area contributed by atoms with Gasteiger partial charge in [-0.3, -0.25) is 4.79 Å². The number of nitrogens with zero attached hydrogens (tertiary/aromatic N) is 2. The lowest BCUT2D eigenvalue weighted by atomic mass is 10.1. The number of hydrogen-bond donors (Lipinski definition) is 2. The molecule has 23 heavy (non-hydrogen) atoms. The lowest BCUT2D eigenvalue weighted by molar-refractivity contribution is 0.0713. The lowest BCUT2D eigenvalue weighted by Crippen LogP contribution is -2.44. The lowest BCUT2D eigenvalue weighted by Gasteiger charge is -2.28. The number of hydrogen-bond acceptors (Lipinski definition) is 4. The molecule has 1 saturated heterocycles. The molecule has 3 N–H and O–H groups in total. The van der Waals surface area contributed by atoms with E-state index in [-0.39, 0.29) is 12.1 Å². The zero-order valence-corrected chi connectivity index (χ0v) is 12.8. The van der Waals surface area contributed by atoms with Gasteiger partial charge >= 0.3 is 0 Å². The van der Waals surface area contributed by atoms with Crippen LogP contribution in [-0.2, 0) is 7.05 Å². The highest BCUT2D eigenvalue weighted by Gasteiger charge is 2.27. The number of halogens is 1. The molecule has 1 aromatic heterocycles. The number of imidazole rings is 1. The molecule has 0 aliphatic carbocycles. The fourth-order valence-electron chi connectivity index (χ4n) is 2.64. The van der Waals surface area contributed by atoms with Crippen LogP contribution in [0.15, 0.2) is 30.7 Å². The topological polar surface area (TPSA) is 82.2 Å². The van der Waals surface area contributed by atoms with Gasteiger partial charge in [0, 0.05) is 25.4 Å². The summed E-state index contributed by atoms with van der Waals surface area (Å²) in [4.78, 5) is 16.0. The van der Waals surface area contributed by atoms with Gasteiger partial charge in [-0.1, -0.05) is 0 Å². The predicted octanol–water partition coefficient (Wildman–Crippen LogP) is 1.26. The molecule has 2 heterocycles. The van der Waals surface area contributed by atoms with E-state index in [4.69, 9.17) is 10.5 Å². The first-order chi connectivity index (χ1) is 11.0. The van der Waals surface area contributed by atoms with Crippen molar-refractivity contribution in [3.8, 4) is 17.0 Å². The van der Waals surface area contributed by atoms with E-state index in [9.17, 15) is 9.18 Å². The maximum absolute atomic E-state index is 13.9. The average molecular weight is 318 g/mol. The van der Waals surface area contributed by atoms with Gasteiger partial charge in [0.25, 0.3) is 5.91 Å². The van der Waals surface area contributed by atoms with Crippen LogP contribution in [0.1, 0.15) is 16.8 Å². The molecule has 1 aromatic carbocycles. The normalized spacial score (nSPS) is 21.1. The van der Waals surface area contributed by atoms with Crippen molar-refractivity contribution in [1.29, 1.82) is 0 Å². The van der Waals surface area contributed by atoms with E-state index in [0.29, 0.717) is 18.7 Å². The summed E-state index contributed by atoms with van der Waals surface area (Å²) < 4.78 is 21.4. The number of nitrogens with two attached hydrogens (primary N) is 1. The predicted molar refractivity (Wildman–Crippen MR) is 84.0 cm³/mol. The number of amides is 1. The highest BCUT2D eigenvalue weighted by molar-refractivity contribution is 5.96. The Balaban J connectivity index is 1.89. The van der Waals surface area contributed by atoms with E-state index >= 15 is 0 Å². The minimum atomic E-state index is -1.11. The number of nitrogens with one attached hydrogen (secondary N) is 1. The summed E-state index contributed by atoms with van der Waals surface area (Å²) in [5.74, 6) is -0.297. The third-order valence-corrected chi connectivity index (χ3v) is 3.87. The number of aromatic nitrogens is 2. The van der Waals surface area contributed by atoms with Crippen molar-refractivity contribution < 1.29 is 13.9 Å². The Bertz CT molecular complexity index is 716. The van der Waals surface area contributed by atoms with Crippen molar-refractivity contribution in [2.75, 3.05) is 13.1 Å². The quantitative estimate of drug-likeness (QED) is 0.889. The van der Waals surface area contributed by atoms with Crippen LogP contribution in [0.4, 0.5) is 4.39 Å². The van der Waals surface area contributed by atoms with Crippen LogP contribution in [0.5, 0.6) is 5.75 Å². The average Bonchev–Trinajstić information content (AvgIpc) is 2.96. The van der Waals surface area contributed by atoms with Gasteiger partial charge in [0.05, 0.1) is 17.6 Å². The number of benzene rings is 1. The minimum Gasteiger partial charge on any atom is -0.486 e. The van der Waals surface area contributed by atoms with Gasteiger partial charge in [0.1, 0.15) is 18.0 Å². The Labute approximate surface area is 133 Å². The Morgan fingerprint density at radius 3 is 3.00 bits per heavy atom. The maximum Gasteiger partial charge on any atom is 0.252 e. The monoisotopic (exact) mass is 318 g/mol. The minimum absolute atomic E-state index is 0.235. The van der Waals surface area contributed by atoms with Gasteiger partial charge < -0.3 is 20.4 Å². The summed E-state index contributed by atoms with van der Waals surface area (Å²) in [6, 6.07) is 5.07. The highest BCUT2D eigenvalue weighted by Crippen LogP contribution is 2.28. The SMILES string of the molecule is Cn1cnc(-c2ccc(O[C@H]3CCNCC3F)c(C(N)=O)c2)c1. The molecule has 0 saturated carbocycles. The van der Waals surface area contributed by atoms with Crippen LogP contribution in [0.2, 0.25) is 0 Å². The van der Waals surface area contributed by atoms with Gasteiger partial charge in [0.15, 0.2) is 0 Å². The highest BCUT2D eigenvalue weighted by atomic mass is 19.1. The summed E-state index contributed by atoms with van der Waals surface area (Å²) in [6.45, 7) is 0.936. The van der Waals surface area contributed by atoms with Gasteiger partial charge in [-0.25, -0.2) is 9.37 Å². The van der Waals surface area contributed by atoms with Gasteiger partial charge in [0.2, 0.25) is 0 Å². The van der Waals surface area contributed by atoms with Crippen molar-refractivity contribution >= 4 is 5.91 Å². The largest absolute Gasteiger partial charge is 0.486 e. The summed E-state index contributed by atoms with van der Waals surface area (Å²) >= 11 is 0. The molecule has 122 valence electrons. The van der Waals surface area contributed by atoms with Crippen molar-refractivity contribution in [3.05, 3.63) is 36.3 Å². The Hall–Kier alpha value is -2.41. The molecule has 1 unspecified atom stereocenters. The second-order valence-electron chi connectivity index (χ2n) is 5.66. The molecule has 0 spiro atoms. The molecular formula is C16H19FN4O2. The molecule has 2 aromatic rings.